The summed E-state index contributed by atoms with van der Waals surface area (Å²) in [6.45, 7) is 2.09. The first-order valence-corrected chi connectivity index (χ1v) is 19.3. The monoisotopic (exact) mass is 676 g/mol. The van der Waals surface area contributed by atoms with Gasteiger partial charge in [-0.25, -0.2) is 4.57 Å². The van der Waals surface area contributed by atoms with Gasteiger partial charge in [0.2, 0.25) is 0 Å². The highest BCUT2D eigenvalue weighted by Crippen LogP contribution is 2.43. The van der Waals surface area contributed by atoms with Crippen LogP contribution >= 0.6 is 7.82 Å². The molecule has 46 heavy (non-hydrogen) atoms. The van der Waals surface area contributed by atoms with Crippen molar-refractivity contribution in [1.82, 2.24) is 0 Å². The van der Waals surface area contributed by atoms with Crippen LogP contribution in [0.3, 0.4) is 0 Å². The van der Waals surface area contributed by atoms with E-state index in [-0.39, 0.29) is 12.8 Å². The van der Waals surface area contributed by atoms with Crippen LogP contribution in [-0.4, -0.2) is 65.7 Å². The minimum Gasteiger partial charge on any atom is -0.457 e. The van der Waals surface area contributed by atoms with Crippen molar-refractivity contribution in [2.45, 2.75) is 161 Å². The summed E-state index contributed by atoms with van der Waals surface area (Å²) in [7, 11) is -4.63. The van der Waals surface area contributed by atoms with Crippen molar-refractivity contribution in [2.24, 2.45) is 0 Å². The second-order valence-electron chi connectivity index (χ2n) is 11.8. The Hall–Kier alpha value is -1.55. The molecular formula is C35H65O10P. The van der Waals surface area contributed by atoms with Gasteiger partial charge in [-0.05, 0) is 57.8 Å². The van der Waals surface area contributed by atoms with Gasteiger partial charge in [-0.2, -0.15) is 0 Å². The van der Waals surface area contributed by atoms with Gasteiger partial charge in [0, 0.05) is 12.8 Å². The van der Waals surface area contributed by atoms with E-state index in [2.05, 4.69) is 38.2 Å². The van der Waals surface area contributed by atoms with E-state index in [1.807, 2.05) is 0 Å². The molecule has 0 aromatic rings. The third-order valence-corrected chi connectivity index (χ3v) is 8.34. The highest BCUT2D eigenvalue weighted by molar-refractivity contribution is 7.47. The van der Waals surface area contributed by atoms with Gasteiger partial charge in [0.25, 0.3) is 0 Å². The molecule has 3 unspecified atom stereocenters. The average Bonchev–Trinajstić information content (AvgIpc) is 3.04. The van der Waals surface area contributed by atoms with Crippen LogP contribution in [-0.2, 0) is 32.7 Å². The van der Waals surface area contributed by atoms with E-state index in [4.69, 9.17) is 18.5 Å². The number of phosphoric acid groups is 1. The number of aliphatic hydroxyl groups excluding tert-OH is 2. The third kappa shape index (κ3) is 29.8. The molecule has 0 radical (unpaired) electrons. The van der Waals surface area contributed by atoms with Gasteiger partial charge in [0.15, 0.2) is 0 Å². The molecule has 0 aliphatic carbocycles. The SMILES string of the molecule is CCCC/C=C\CCCCCCCC(=O)OC(CO)COP(=O)(O)OCC(CO)OC(=O)CCCCCCC/C=C\CCCCC. The predicted molar refractivity (Wildman–Crippen MR) is 182 cm³/mol. The fourth-order valence-corrected chi connectivity index (χ4v) is 5.34. The van der Waals surface area contributed by atoms with Crippen molar-refractivity contribution in [3.05, 3.63) is 24.3 Å². The van der Waals surface area contributed by atoms with Crippen LogP contribution in [0.4, 0.5) is 0 Å². The molecule has 0 saturated heterocycles. The summed E-state index contributed by atoms with van der Waals surface area (Å²) in [6, 6.07) is 0. The number of hydrogen-bond donors (Lipinski definition) is 3. The van der Waals surface area contributed by atoms with E-state index in [9.17, 15) is 29.3 Å². The number of ether oxygens (including phenoxy) is 2. The first-order chi connectivity index (χ1) is 22.3. The smallest absolute Gasteiger partial charge is 0.457 e. The molecule has 0 bridgehead atoms. The van der Waals surface area contributed by atoms with E-state index >= 15 is 0 Å². The van der Waals surface area contributed by atoms with Gasteiger partial charge in [-0.1, -0.05) is 102 Å². The fraction of sp³-hybridized carbons (Fsp3) is 0.829. The van der Waals surface area contributed by atoms with Gasteiger partial charge in [-0.15, -0.1) is 0 Å². The maximum Gasteiger partial charge on any atom is 0.472 e. The van der Waals surface area contributed by atoms with Gasteiger partial charge < -0.3 is 24.6 Å². The second-order valence-corrected chi connectivity index (χ2v) is 13.3. The van der Waals surface area contributed by atoms with Crippen molar-refractivity contribution in [2.75, 3.05) is 26.4 Å². The Balaban J connectivity index is 4.04. The minimum atomic E-state index is -4.63. The Morgan fingerprint density at radius 2 is 0.913 bits per heavy atom. The summed E-state index contributed by atoms with van der Waals surface area (Å²) in [5.41, 5.74) is 0. The Bertz CT molecular complexity index is 832. The standard InChI is InChI=1S/C35H65O10P/c1-3-5-7-9-11-13-15-17-19-21-23-25-27-35(39)45-33(29-37)31-43-46(40,41)42-30-32(28-36)44-34(38)26-24-22-20-18-16-14-12-10-8-6-4-2/h10-13,32-33,36-37H,3-9,14-31H2,1-2H3,(H,40,41)/b12-10-,13-11-. The number of unbranched alkanes of at least 4 members (excludes halogenated alkanes) is 15. The van der Waals surface area contributed by atoms with Crippen LogP contribution < -0.4 is 0 Å². The van der Waals surface area contributed by atoms with Crippen molar-refractivity contribution >= 4 is 19.8 Å². The Labute approximate surface area is 278 Å². The molecule has 3 atom stereocenters. The molecule has 0 fully saturated rings. The summed E-state index contributed by atoms with van der Waals surface area (Å²) >= 11 is 0. The molecule has 0 saturated carbocycles. The third-order valence-electron chi connectivity index (χ3n) is 7.39. The summed E-state index contributed by atoms with van der Waals surface area (Å²) in [5.74, 6) is -1.04. The predicted octanol–water partition coefficient (Wildman–Crippen LogP) is 8.27. The van der Waals surface area contributed by atoms with Crippen molar-refractivity contribution in [3.63, 3.8) is 0 Å². The molecule has 0 amide bonds. The minimum absolute atomic E-state index is 0.182. The molecule has 0 spiro atoms. The highest BCUT2D eigenvalue weighted by Gasteiger charge is 2.27. The highest BCUT2D eigenvalue weighted by atomic mass is 31.2. The average molecular weight is 677 g/mol. The number of aliphatic hydroxyl groups is 2. The van der Waals surface area contributed by atoms with Crippen molar-refractivity contribution in [3.8, 4) is 0 Å². The summed E-state index contributed by atoms with van der Waals surface area (Å²) < 4.78 is 32.3. The Kier molecular flexibility index (Phi) is 30.9. The molecule has 0 aromatic carbocycles. The Morgan fingerprint density at radius 1 is 0.565 bits per heavy atom. The topological polar surface area (TPSA) is 149 Å². The lowest BCUT2D eigenvalue weighted by atomic mass is 10.1. The number of rotatable bonds is 33. The van der Waals surface area contributed by atoms with Crippen LogP contribution in [0.15, 0.2) is 24.3 Å². The lowest BCUT2D eigenvalue weighted by molar-refractivity contribution is -0.153. The number of allylic oxidation sites excluding steroid dienone is 4. The largest absolute Gasteiger partial charge is 0.472 e. The van der Waals surface area contributed by atoms with Crippen LogP contribution in [0.5, 0.6) is 0 Å². The molecule has 270 valence electrons. The molecule has 0 rings (SSSR count). The first-order valence-electron chi connectivity index (χ1n) is 17.8. The van der Waals surface area contributed by atoms with Gasteiger partial charge in [0.1, 0.15) is 12.2 Å². The van der Waals surface area contributed by atoms with Crippen LogP contribution in [0.1, 0.15) is 149 Å². The molecule has 0 heterocycles. The van der Waals surface area contributed by atoms with Gasteiger partial charge in [-0.3, -0.25) is 18.6 Å². The fourth-order valence-electron chi connectivity index (χ4n) is 4.56. The number of esters is 2. The molecule has 11 heteroatoms. The molecule has 0 aliphatic heterocycles. The maximum absolute atomic E-state index is 12.3. The number of phosphoric ester groups is 1. The number of carbonyl (C=O) groups is 2. The number of hydrogen-bond acceptors (Lipinski definition) is 9. The van der Waals surface area contributed by atoms with Gasteiger partial charge >= 0.3 is 19.8 Å². The molecule has 10 nitrogen and oxygen atoms in total. The maximum atomic E-state index is 12.3. The zero-order valence-electron chi connectivity index (χ0n) is 28.8. The zero-order valence-corrected chi connectivity index (χ0v) is 29.7. The van der Waals surface area contributed by atoms with E-state index in [0.717, 1.165) is 77.0 Å². The normalized spacial score (nSPS) is 14.5. The van der Waals surface area contributed by atoms with E-state index in [1.54, 1.807) is 0 Å². The quantitative estimate of drug-likeness (QED) is 0.0268. The summed E-state index contributed by atoms with van der Waals surface area (Å²) in [5, 5.41) is 19.0. The van der Waals surface area contributed by atoms with Gasteiger partial charge in [0.05, 0.1) is 26.4 Å². The van der Waals surface area contributed by atoms with E-state index < -0.39 is 58.4 Å². The summed E-state index contributed by atoms with van der Waals surface area (Å²) in [4.78, 5) is 34.2. The molecular weight excluding hydrogens is 611 g/mol. The summed E-state index contributed by atoms with van der Waals surface area (Å²) in [6.07, 6.45) is 27.3. The van der Waals surface area contributed by atoms with E-state index in [1.165, 1.54) is 32.1 Å². The zero-order chi connectivity index (χ0) is 34.1. The van der Waals surface area contributed by atoms with Crippen LogP contribution in [0, 0.1) is 0 Å². The second kappa shape index (κ2) is 32.0. The Morgan fingerprint density at radius 3 is 1.30 bits per heavy atom. The number of carbonyl (C=O) groups excluding carboxylic acids is 2. The molecule has 0 aromatic heterocycles. The lowest BCUT2D eigenvalue weighted by Gasteiger charge is -2.20. The van der Waals surface area contributed by atoms with Crippen molar-refractivity contribution < 1.29 is 47.8 Å². The lowest BCUT2D eigenvalue weighted by Crippen LogP contribution is -2.28. The molecule has 3 N–H and O–H groups in total. The van der Waals surface area contributed by atoms with Crippen LogP contribution in [0.25, 0.3) is 0 Å². The van der Waals surface area contributed by atoms with Crippen molar-refractivity contribution in [1.29, 1.82) is 0 Å². The molecule has 0 aliphatic rings. The van der Waals surface area contributed by atoms with E-state index in [0.29, 0.717) is 12.8 Å². The first kappa shape index (κ1) is 44.5. The van der Waals surface area contributed by atoms with Crippen LogP contribution in [0.2, 0.25) is 0 Å².